The summed E-state index contributed by atoms with van der Waals surface area (Å²) in [5.41, 5.74) is 0.248. The number of aliphatic carboxylic acids is 1. The van der Waals surface area contributed by atoms with E-state index in [1.165, 1.54) is 19.1 Å². The smallest absolute Gasteiger partial charge is 0.344 e. The number of hydrogen-bond acceptors (Lipinski definition) is 3. The molecule has 0 heterocycles. The maximum absolute atomic E-state index is 13.1. The Hall–Kier alpha value is -1.62. The standard InChI is InChI=1S/C13H17FO4/c1-3-4-12(13(16)17)18-11-6-5-9(14)7-10(11)8(2)15/h5-8,12,15H,3-4H2,1-2H3,(H,16,17)/t8-,12?/m1/s1. The third kappa shape index (κ3) is 3.70. The quantitative estimate of drug-likeness (QED) is 0.820. The van der Waals surface area contributed by atoms with Crippen molar-refractivity contribution in [2.24, 2.45) is 0 Å². The van der Waals surface area contributed by atoms with Crippen molar-refractivity contribution in [2.75, 3.05) is 0 Å². The minimum absolute atomic E-state index is 0.201. The lowest BCUT2D eigenvalue weighted by Crippen LogP contribution is -2.27. The maximum Gasteiger partial charge on any atom is 0.344 e. The van der Waals surface area contributed by atoms with Crippen LogP contribution in [0.15, 0.2) is 18.2 Å². The summed E-state index contributed by atoms with van der Waals surface area (Å²) in [6, 6.07) is 3.65. The number of carboxylic acids is 1. The third-order valence-corrected chi connectivity index (χ3v) is 2.52. The molecule has 0 fully saturated rings. The number of hydrogen-bond donors (Lipinski definition) is 2. The molecule has 0 amide bonds. The van der Waals surface area contributed by atoms with Gasteiger partial charge in [0.2, 0.25) is 0 Å². The van der Waals surface area contributed by atoms with Crippen molar-refractivity contribution in [1.29, 1.82) is 0 Å². The molecule has 4 nitrogen and oxygen atoms in total. The molecule has 0 saturated heterocycles. The zero-order valence-electron chi connectivity index (χ0n) is 10.4. The van der Waals surface area contributed by atoms with Crippen LogP contribution in [0.2, 0.25) is 0 Å². The number of benzene rings is 1. The van der Waals surface area contributed by atoms with Crippen LogP contribution in [0.3, 0.4) is 0 Å². The highest BCUT2D eigenvalue weighted by Crippen LogP contribution is 2.27. The Balaban J connectivity index is 2.98. The predicted molar refractivity (Wildman–Crippen MR) is 64.0 cm³/mol. The first-order valence-corrected chi connectivity index (χ1v) is 5.82. The Kier molecular flexibility index (Phi) is 5.09. The first kappa shape index (κ1) is 14.4. The molecule has 0 radical (unpaired) electrons. The van der Waals surface area contributed by atoms with Crippen LogP contribution in [0, 0.1) is 5.82 Å². The minimum Gasteiger partial charge on any atom is -0.479 e. The fourth-order valence-electron chi connectivity index (χ4n) is 1.60. The van der Waals surface area contributed by atoms with E-state index in [1.54, 1.807) is 0 Å². The average Bonchev–Trinajstić information content (AvgIpc) is 2.30. The molecule has 100 valence electrons. The molecule has 0 spiro atoms. The van der Waals surface area contributed by atoms with Gasteiger partial charge in [0.05, 0.1) is 6.10 Å². The molecule has 1 unspecified atom stereocenters. The molecule has 0 saturated carbocycles. The summed E-state index contributed by atoms with van der Waals surface area (Å²) in [6.07, 6.45) is -0.904. The van der Waals surface area contributed by atoms with E-state index in [9.17, 15) is 14.3 Å². The van der Waals surface area contributed by atoms with Crippen molar-refractivity contribution < 1.29 is 24.1 Å². The number of aliphatic hydroxyl groups excluding tert-OH is 1. The van der Waals surface area contributed by atoms with Crippen molar-refractivity contribution in [3.8, 4) is 5.75 Å². The second-order valence-electron chi connectivity index (χ2n) is 4.09. The largest absolute Gasteiger partial charge is 0.479 e. The van der Waals surface area contributed by atoms with Crippen molar-refractivity contribution in [1.82, 2.24) is 0 Å². The number of ether oxygens (including phenoxy) is 1. The molecule has 18 heavy (non-hydrogen) atoms. The third-order valence-electron chi connectivity index (χ3n) is 2.52. The topological polar surface area (TPSA) is 66.8 Å². The van der Waals surface area contributed by atoms with Crippen LogP contribution in [0.1, 0.15) is 38.4 Å². The zero-order valence-corrected chi connectivity index (χ0v) is 10.4. The SMILES string of the molecule is CCCC(Oc1ccc(F)cc1[C@@H](C)O)C(=O)O. The normalized spacial score (nSPS) is 14.0. The molecular formula is C13H17FO4. The summed E-state index contributed by atoms with van der Waals surface area (Å²) in [5, 5.41) is 18.5. The van der Waals surface area contributed by atoms with Gasteiger partial charge in [0, 0.05) is 5.56 Å². The summed E-state index contributed by atoms with van der Waals surface area (Å²) in [4.78, 5) is 11.0. The van der Waals surface area contributed by atoms with Crippen LogP contribution in [0.25, 0.3) is 0 Å². The number of rotatable bonds is 6. The van der Waals surface area contributed by atoms with E-state index in [0.29, 0.717) is 12.8 Å². The lowest BCUT2D eigenvalue weighted by atomic mass is 10.1. The summed E-state index contributed by atoms with van der Waals surface area (Å²) < 4.78 is 18.4. The highest BCUT2D eigenvalue weighted by Gasteiger charge is 2.21. The average molecular weight is 256 g/mol. The fraction of sp³-hybridized carbons (Fsp3) is 0.462. The van der Waals surface area contributed by atoms with Gasteiger partial charge in [-0.3, -0.25) is 0 Å². The molecule has 5 heteroatoms. The summed E-state index contributed by atoms with van der Waals surface area (Å²) >= 11 is 0. The van der Waals surface area contributed by atoms with Crippen LogP contribution in [0.4, 0.5) is 4.39 Å². The molecule has 0 aliphatic heterocycles. The minimum atomic E-state index is -1.07. The van der Waals surface area contributed by atoms with E-state index in [2.05, 4.69) is 0 Å². The molecule has 1 aromatic carbocycles. The van der Waals surface area contributed by atoms with E-state index in [0.717, 1.165) is 6.07 Å². The molecular weight excluding hydrogens is 239 g/mol. The molecule has 0 aliphatic rings. The van der Waals surface area contributed by atoms with E-state index >= 15 is 0 Å². The van der Waals surface area contributed by atoms with Gasteiger partial charge in [-0.15, -0.1) is 0 Å². The van der Waals surface area contributed by atoms with Gasteiger partial charge in [-0.2, -0.15) is 0 Å². The second kappa shape index (κ2) is 6.35. The van der Waals surface area contributed by atoms with Crippen LogP contribution in [-0.2, 0) is 4.79 Å². The highest BCUT2D eigenvalue weighted by atomic mass is 19.1. The van der Waals surface area contributed by atoms with Gasteiger partial charge >= 0.3 is 5.97 Å². The Morgan fingerprint density at radius 3 is 2.67 bits per heavy atom. The van der Waals surface area contributed by atoms with Crippen molar-refractivity contribution in [3.05, 3.63) is 29.6 Å². The Morgan fingerprint density at radius 1 is 1.50 bits per heavy atom. The molecule has 0 bridgehead atoms. The predicted octanol–water partition coefficient (Wildman–Crippen LogP) is 2.51. The zero-order chi connectivity index (χ0) is 13.7. The number of halogens is 1. The van der Waals surface area contributed by atoms with Gasteiger partial charge in [0.1, 0.15) is 11.6 Å². The summed E-state index contributed by atoms with van der Waals surface area (Å²) in [5.74, 6) is -1.37. The van der Waals surface area contributed by atoms with Gasteiger partial charge in [0.25, 0.3) is 0 Å². The Morgan fingerprint density at radius 2 is 2.17 bits per heavy atom. The van der Waals surface area contributed by atoms with E-state index in [-0.39, 0.29) is 11.3 Å². The number of aliphatic hydroxyl groups is 1. The molecule has 0 aromatic heterocycles. The lowest BCUT2D eigenvalue weighted by molar-refractivity contribution is -0.145. The Labute approximate surface area is 105 Å². The summed E-state index contributed by atoms with van der Waals surface area (Å²) in [7, 11) is 0. The van der Waals surface area contributed by atoms with Gasteiger partial charge in [-0.25, -0.2) is 9.18 Å². The van der Waals surface area contributed by atoms with Crippen LogP contribution >= 0.6 is 0 Å². The number of carbonyl (C=O) groups is 1. The van der Waals surface area contributed by atoms with E-state index in [4.69, 9.17) is 9.84 Å². The first-order valence-electron chi connectivity index (χ1n) is 5.82. The molecule has 2 atom stereocenters. The highest BCUT2D eigenvalue weighted by molar-refractivity contribution is 5.72. The maximum atomic E-state index is 13.1. The monoisotopic (exact) mass is 256 g/mol. The molecule has 2 N–H and O–H groups in total. The molecule has 1 aromatic rings. The van der Waals surface area contributed by atoms with Crippen LogP contribution in [0.5, 0.6) is 5.75 Å². The van der Waals surface area contributed by atoms with E-state index in [1.807, 2.05) is 6.92 Å². The number of carboxylic acid groups (broad SMARTS) is 1. The van der Waals surface area contributed by atoms with Gasteiger partial charge in [-0.05, 0) is 31.5 Å². The van der Waals surface area contributed by atoms with Crippen LogP contribution in [-0.4, -0.2) is 22.3 Å². The van der Waals surface area contributed by atoms with Crippen molar-refractivity contribution in [2.45, 2.75) is 38.9 Å². The molecule has 1 rings (SSSR count). The Bertz CT molecular complexity index is 417. The van der Waals surface area contributed by atoms with Crippen molar-refractivity contribution >= 4 is 5.97 Å². The van der Waals surface area contributed by atoms with E-state index < -0.39 is 24.0 Å². The summed E-state index contributed by atoms with van der Waals surface area (Å²) in [6.45, 7) is 3.32. The fourth-order valence-corrected chi connectivity index (χ4v) is 1.60. The molecule has 0 aliphatic carbocycles. The van der Waals surface area contributed by atoms with Crippen molar-refractivity contribution in [3.63, 3.8) is 0 Å². The van der Waals surface area contributed by atoms with Gasteiger partial charge in [-0.1, -0.05) is 13.3 Å². The first-order chi connectivity index (χ1) is 8.45. The second-order valence-corrected chi connectivity index (χ2v) is 4.09. The van der Waals surface area contributed by atoms with Gasteiger partial charge in [0.15, 0.2) is 6.10 Å². The van der Waals surface area contributed by atoms with Crippen LogP contribution < -0.4 is 4.74 Å². The lowest BCUT2D eigenvalue weighted by Gasteiger charge is -2.18. The van der Waals surface area contributed by atoms with Gasteiger partial charge < -0.3 is 14.9 Å².